The molecule has 8 heteroatoms. The summed E-state index contributed by atoms with van der Waals surface area (Å²) in [5, 5.41) is 4.14. The summed E-state index contributed by atoms with van der Waals surface area (Å²) >= 11 is 0. The summed E-state index contributed by atoms with van der Waals surface area (Å²) in [4.78, 5) is 26.5. The van der Waals surface area contributed by atoms with Crippen LogP contribution >= 0.6 is 0 Å². The summed E-state index contributed by atoms with van der Waals surface area (Å²) in [5.74, 6) is 0.797. The van der Waals surface area contributed by atoms with Gasteiger partial charge in [0.05, 0.1) is 17.4 Å². The van der Waals surface area contributed by atoms with E-state index in [1.807, 2.05) is 26.1 Å². The molecule has 1 saturated heterocycles. The van der Waals surface area contributed by atoms with E-state index in [9.17, 15) is 4.79 Å². The molecule has 2 aliphatic rings. The van der Waals surface area contributed by atoms with Crippen LogP contribution in [0.15, 0.2) is 30.6 Å². The van der Waals surface area contributed by atoms with Crippen LogP contribution in [0, 0.1) is 18.7 Å². The highest BCUT2D eigenvalue weighted by molar-refractivity contribution is 6.13. The topological polar surface area (TPSA) is 70.6 Å². The molecule has 4 heterocycles. The Morgan fingerprint density at radius 2 is 1.89 bits per heavy atom. The van der Waals surface area contributed by atoms with Crippen LogP contribution < -0.4 is 15.0 Å². The first kappa shape index (κ1) is 25.5. The van der Waals surface area contributed by atoms with Crippen molar-refractivity contribution in [2.75, 3.05) is 44.7 Å². The molecule has 2 aliphatic heterocycles. The van der Waals surface area contributed by atoms with Gasteiger partial charge in [-0.05, 0) is 25.0 Å². The predicted octanol–water partition coefficient (Wildman–Crippen LogP) is 4.31. The van der Waals surface area contributed by atoms with Gasteiger partial charge in [0.2, 0.25) is 11.8 Å². The molecule has 0 aliphatic carbocycles. The summed E-state index contributed by atoms with van der Waals surface area (Å²) in [6.45, 7) is 14.0. The Kier molecular flexibility index (Phi) is 6.66. The number of carbonyl (C=O) groups is 1. The fourth-order valence-electron chi connectivity index (χ4n) is 5.73. The van der Waals surface area contributed by atoms with Crippen LogP contribution in [0.3, 0.4) is 0 Å². The molecule has 1 aromatic carbocycles. The molecule has 37 heavy (non-hydrogen) atoms. The number of benzene rings is 1. The van der Waals surface area contributed by atoms with Crippen molar-refractivity contribution in [1.82, 2.24) is 20.2 Å². The van der Waals surface area contributed by atoms with Gasteiger partial charge in [0, 0.05) is 79.2 Å². The number of halogens is 1. The lowest BCUT2D eigenvalue weighted by Gasteiger charge is -2.47. The Morgan fingerprint density at radius 1 is 1.14 bits per heavy atom. The van der Waals surface area contributed by atoms with Gasteiger partial charge < -0.3 is 19.9 Å². The zero-order valence-electron chi connectivity index (χ0n) is 22.6. The number of carbonyl (C=O) groups excluding carboxylic acids is 1. The minimum absolute atomic E-state index is 0.0913. The summed E-state index contributed by atoms with van der Waals surface area (Å²) in [6.07, 6.45) is 3.36. The quantitative estimate of drug-likeness (QED) is 0.460. The molecule has 0 radical (unpaired) electrons. The summed E-state index contributed by atoms with van der Waals surface area (Å²) in [6, 6.07) is 5.61. The molecule has 1 amide bonds. The van der Waals surface area contributed by atoms with Crippen LogP contribution in [0.4, 0.5) is 10.1 Å². The van der Waals surface area contributed by atoms with Crippen molar-refractivity contribution in [1.29, 1.82) is 0 Å². The normalized spacial score (nSPS) is 16.8. The van der Waals surface area contributed by atoms with Crippen molar-refractivity contribution < 1.29 is 13.9 Å². The molecule has 1 N–H and O–H groups in total. The number of hydrogen-bond donors (Lipinski definition) is 1. The van der Waals surface area contributed by atoms with E-state index < -0.39 is 5.41 Å². The first-order chi connectivity index (χ1) is 17.6. The molecule has 0 atom stereocenters. The number of amides is 1. The molecule has 1 spiro atoms. The van der Waals surface area contributed by atoms with E-state index in [2.05, 4.69) is 47.9 Å². The molecule has 0 saturated carbocycles. The second-order valence-electron chi connectivity index (χ2n) is 11.2. The highest BCUT2D eigenvalue weighted by Crippen LogP contribution is 2.50. The maximum Gasteiger partial charge on any atom is 0.240 e. The van der Waals surface area contributed by atoms with Gasteiger partial charge in [0.15, 0.2) is 0 Å². The first-order valence-electron chi connectivity index (χ1n) is 13.1. The standard InChI is InChI=1S/C29H36FN5O2/c1-17(2)14-35-15-29(16-35)26-22-10-21(23(30)11-24(22)32-13-25(26)34(6)28(29)36)20-9-19(5)27(33-12-20)37-8-7-31-18(3)4/h9-13,17-18,31H,7-8,14-16H2,1-6H3. The van der Waals surface area contributed by atoms with Crippen LogP contribution in [0.5, 0.6) is 5.88 Å². The molecule has 3 aromatic rings. The number of aromatic nitrogens is 2. The van der Waals surface area contributed by atoms with Crippen LogP contribution in [-0.2, 0) is 10.2 Å². The van der Waals surface area contributed by atoms with Gasteiger partial charge in [-0.3, -0.25) is 9.78 Å². The molecule has 7 nitrogen and oxygen atoms in total. The van der Waals surface area contributed by atoms with Crippen LogP contribution in [0.1, 0.15) is 38.8 Å². The number of anilines is 1. The molecule has 196 valence electrons. The lowest BCUT2D eigenvalue weighted by atomic mass is 9.73. The van der Waals surface area contributed by atoms with E-state index in [0.717, 1.165) is 35.3 Å². The van der Waals surface area contributed by atoms with Crippen molar-refractivity contribution in [3.8, 4) is 17.0 Å². The SMILES string of the molecule is Cc1cc(-c2cc3c4c(cnc3cc2F)N(C)C(=O)C42CN(CC(C)C)C2)cnc1OCCNC(C)C. The van der Waals surface area contributed by atoms with Gasteiger partial charge in [-0.1, -0.05) is 27.7 Å². The van der Waals surface area contributed by atoms with Crippen molar-refractivity contribution in [3.05, 3.63) is 47.5 Å². The predicted molar refractivity (Wildman–Crippen MR) is 145 cm³/mol. The van der Waals surface area contributed by atoms with Crippen molar-refractivity contribution in [2.24, 2.45) is 5.92 Å². The molecule has 5 rings (SSSR count). The summed E-state index contributed by atoms with van der Waals surface area (Å²) in [5.41, 5.74) is 3.69. The van der Waals surface area contributed by atoms with E-state index in [1.165, 1.54) is 6.07 Å². The minimum atomic E-state index is -0.606. The Labute approximate surface area is 218 Å². The van der Waals surface area contributed by atoms with Gasteiger partial charge in [-0.15, -0.1) is 0 Å². The van der Waals surface area contributed by atoms with Crippen molar-refractivity contribution in [2.45, 2.75) is 46.1 Å². The highest BCUT2D eigenvalue weighted by atomic mass is 19.1. The molecule has 0 bridgehead atoms. The first-order valence-corrected chi connectivity index (χ1v) is 13.1. The third kappa shape index (κ3) is 4.46. The molecule has 2 aromatic heterocycles. The maximum atomic E-state index is 15.4. The van der Waals surface area contributed by atoms with E-state index >= 15 is 4.39 Å². The average molecular weight is 506 g/mol. The average Bonchev–Trinajstić information content (AvgIpc) is 3.04. The number of likely N-dealkylation sites (tertiary alicyclic amines) is 1. The minimum Gasteiger partial charge on any atom is -0.476 e. The zero-order chi connectivity index (χ0) is 26.5. The number of ether oxygens (including phenoxy) is 1. The summed E-state index contributed by atoms with van der Waals surface area (Å²) < 4.78 is 21.2. The fourth-order valence-corrected chi connectivity index (χ4v) is 5.73. The largest absolute Gasteiger partial charge is 0.476 e. The van der Waals surface area contributed by atoms with Gasteiger partial charge >= 0.3 is 0 Å². The zero-order valence-corrected chi connectivity index (χ0v) is 22.6. The van der Waals surface area contributed by atoms with E-state index in [1.54, 1.807) is 17.3 Å². The molecular formula is C29H36FN5O2. The number of rotatable bonds is 8. The number of aryl methyl sites for hydroxylation is 1. The third-order valence-electron chi connectivity index (χ3n) is 7.34. The molecule has 0 unspecified atom stereocenters. The Balaban J connectivity index is 1.51. The number of nitrogens with zero attached hydrogens (tertiary/aromatic N) is 4. The monoisotopic (exact) mass is 505 g/mol. The molecular weight excluding hydrogens is 469 g/mol. The number of pyridine rings is 2. The lowest BCUT2D eigenvalue weighted by Crippen LogP contribution is -2.64. The van der Waals surface area contributed by atoms with Gasteiger partial charge in [-0.25, -0.2) is 9.37 Å². The Bertz CT molecular complexity index is 1350. The number of likely N-dealkylation sites (N-methyl/N-ethyl adjacent to an activating group) is 1. The van der Waals surface area contributed by atoms with E-state index in [-0.39, 0.29) is 11.7 Å². The number of nitrogens with one attached hydrogen (secondary N) is 1. The Hall–Kier alpha value is -3.10. The maximum absolute atomic E-state index is 15.4. The van der Waals surface area contributed by atoms with Crippen molar-refractivity contribution >= 4 is 22.5 Å². The third-order valence-corrected chi connectivity index (χ3v) is 7.34. The number of hydrogen-bond acceptors (Lipinski definition) is 6. The van der Waals surface area contributed by atoms with Gasteiger partial charge in [0.25, 0.3) is 0 Å². The number of fused-ring (bicyclic) bond motifs is 4. The smallest absolute Gasteiger partial charge is 0.240 e. The van der Waals surface area contributed by atoms with Gasteiger partial charge in [0.1, 0.15) is 17.8 Å². The van der Waals surface area contributed by atoms with Crippen LogP contribution in [0.2, 0.25) is 0 Å². The second-order valence-corrected chi connectivity index (χ2v) is 11.2. The molecule has 1 fully saturated rings. The van der Waals surface area contributed by atoms with E-state index in [4.69, 9.17) is 4.74 Å². The van der Waals surface area contributed by atoms with Gasteiger partial charge in [-0.2, -0.15) is 0 Å². The van der Waals surface area contributed by atoms with Crippen molar-refractivity contribution in [3.63, 3.8) is 0 Å². The summed E-state index contributed by atoms with van der Waals surface area (Å²) in [7, 11) is 1.81. The van der Waals surface area contributed by atoms with Crippen LogP contribution in [-0.4, -0.2) is 66.7 Å². The Morgan fingerprint density at radius 3 is 2.57 bits per heavy atom. The second kappa shape index (κ2) is 9.65. The van der Waals surface area contributed by atoms with E-state index in [0.29, 0.717) is 54.2 Å². The lowest BCUT2D eigenvalue weighted by molar-refractivity contribution is -0.129. The van der Waals surface area contributed by atoms with Crippen LogP contribution in [0.25, 0.3) is 22.0 Å². The fraction of sp³-hybridized carbons (Fsp3) is 0.483. The highest BCUT2D eigenvalue weighted by Gasteiger charge is 2.58.